The topological polar surface area (TPSA) is 83.6 Å². The van der Waals surface area contributed by atoms with Gasteiger partial charge in [-0.2, -0.15) is 9.97 Å². The molecule has 0 bridgehead atoms. The lowest BCUT2D eigenvalue weighted by molar-refractivity contribution is 0.0996. The molecule has 1 aromatic heterocycles. The van der Waals surface area contributed by atoms with Crippen LogP contribution in [0.2, 0.25) is 0 Å². The van der Waals surface area contributed by atoms with Crippen LogP contribution in [0, 0.1) is 0 Å². The van der Waals surface area contributed by atoms with Crippen LogP contribution in [0.5, 0.6) is 11.5 Å². The third kappa shape index (κ3) is 3.48. The lowest BCUT2D eigenvalue weighted by Gasteiger charge is -2.32. The van der Waals surface area contributed by atoms with Crippen molar-refractivity contribution in [3.05, 3.63) is 65.7 Å². The summed E-state index contributed by atoms with van der Waals surface area (Å²) in [5.41, 5.74) is 9.00. The molecule has 2 aromatic carbocycles. The van der Waals surface area contributed by atoms with E-state index in [0.29, 0.717) is 19.1 Å². The minimum absolute atomic E-state index is 0.109. The molecule has 0 spiro atoms. The number of para-hydroxylation sites is 2. The maximum absolute atomic E-state index is 6.05. The molecule has 0 amide bonds. The minimum atomic E-state index is -0.109. The molecule has 3 aliphatic heterocycles. The van der Waals surface area contributed by atoms with Gasteiger partial charge in [0.25, 0.3) is 0 Å². The van der Waals surface area contributed by atoms with Crippen molar-refractivity contribution in [3.63, 3.8) is 0 Å². The first kappa shape index (κ1) is 18.3. The van der Waals surface area contributed by atoms with E-state index < -0.39 is 0 Å². The number of nitrogens with one attached hydrogen (secondary N) is 3. The van der Waals surface area contributed by atoms with Gasteiger partial charge >= 0.3 is 0 Å². The van der Waals surface area contributed by atoms with Gasteiger partial charge in [-0.05, 0) is 24.1 Å². The Morgan fingerprint density at radius 3 is 2.77 bits per heavy atom. The molecular weight excluding hydrogens is 392 g/mol. The number of ether oxygens (including phenoxy) is 2. The first-order valence-corrected chi connectivity index (χ1v) is 10.7. The van der Waals surface area contributed by atoms with Crippen molar-refractivity contribution in [1.29, 1.82) is 0 Å². The Bertz CT molecular complexity index is 1090. The lowest BCUT2D eigenvalue weighted by Crippen LogP contribution is -2.36. The van der Waals surface area contributed by atoms with Crippen LogP contribution in [0.1, 0.15) is 23.6 Å². The predicted octanol–water partition coefficient (Wildman–Crippen LogP) is 3.11. The molecule has 3 aliphatic rings. The highest BCUT2D eigenvalue weighted by molar-refractivity contribution is 5.67. The Hall–Kier alpha value is -3.52. The van der Waals surface area contributed by atoms with Crippen molar-refractivity contribution in [2.24, 2.45) is 0 Å². The number of fused-ring (bicyclic) bond motifs is 1. The number of benzene rings is 2. The molecule has 0 radical (unpaired) electrons. The summed E-state index contributed by atoms with van der Waals surface area (Å²) >= 11 is 0. The zero-order chi connectivity index (χ0) is 20.6. The summed E-state index contributed by atoms with van der Waals surface area (Å²) in [7, 11) is 0. The highest BCUT2D eigenvalue weighted by Crippen LogP contribution is 2.41. The van der Waals surface area contributed by atoms with E-state index in [9.17, 15) is 0 Å². The molecule has 31 heavy (non-hydrogen) atoms. The van der Waals surface area contributed by atoms with E-state index in [2.05, 4.69) is 45.3 Å². The summed E-state index contributed by atoms with van der Waals surface area (Å²) in [5, 5.41) is 3.35. The average molecular weight is 416 g/mol. The summed E-state index contributed by atoms with van der Waals surface area (Å²) in [6, 6.07) is 18.5. The molecule has 0 fully saturated rings. The van der Waals surface area contributed by atoms with Crippen molar-refractivity contribution in [2.75, 3.05) is 35.3 Å². The molecule has 8 heteroatoms. The third-order valence-corrected chi connectivity index (χ3v) is 5.90. The van der Waals surface area contributed by atoms with E-state index in [-0.39, 0.29) is 12.1 Å². The molecule has 0 saturated heterocycles. The van der Waals surface area contributed by atoms with E-state index in [1.54, 1.807) is 0 Å². The van der Waals surface area contributed by atoms with Gasteiger partial charge in [-0.15, -0.1) is 0 Å². The zero-order valence-corrected chi connectivity index (χ0v) is 17.0. The molecular formula is C23H24N6O2. The Kier molecular flexibility index (Phi) is 4.49. The van der Waals surface area contributed by atoms with Crippen LogP contribution in [0.4, 0.5) is 17.6 Å². The second kappa shape index (κ2) is 7.63. The van der Waals surface area contributed by atoms with Gasteiger partial charge in [0.15, 0.2) is 17.3 Å². The molecule has 2 unspecified atom stereocenters. The Morgan fingerprint density at radius 2 is 1.87 bits per heavy atom. The smallest absolute Gasteiger partial charge is 0.226 e. The summed E-state index contributed by atoms with van der Waals surface area (Å²) in [4.78, 5) is 11.9. The van der Waals surface area contributed by atoms with E-state index >= 15 is 0 Å². The fraction of sp³-hybridized carbons (Fsp3) is 0.304. The summed E-state index contributed by atoms with van der Waals surface area (Å²) in [6.45, 7) is 2.81. The summed E-state index contributed by atoms with van der Waals surface area (Å²) in [5.74, 6) is 3.98. The molecule has 0 aliphatic carbocycles. The Balaban J connectivity index is 1.21. The van der Waals surface area contributed by atoms with E-state index in [0.717, 1.165) is 48.2 Å². The summed E-state index contributed by atoms with van der Waals surface area (Å²) in [6.07, 6.45) is 0.908. The second-order valence-corrected chi connectivity index (χ2v) is 8.03. The van der Waals surface area contributed by atoms with Crippen LogP contribution in [-0.4, -0.2) is 35.8 Å². The van der Waals surface area contributed by atoms with E-state index in [1.165, 1.54) is 5.56 Å². The fourth-order valence-corrected chi connectivity index (χ4v) is 4.36. The van der Waals surface area contributed by atoms with Crippen LogP contribution >= 0.6 is 0 Å². The summed E-state index contributed by atoms with van der Waals surface area (Å²) < 4.78 is 11.9. The maximum Gasteiger partial charge on any atom is 0.226 e. The average Bonchev–Trinajstić information content (AvgIpc) is 3.24. The maximum atomic E-state index is 6.05. The number of rotatable bonds is 5. The number of hydrazine groups is 1. The molecule has 4 heterocycles. The first-order chi connectivity index (χ1) is 15.3. The van der Waals surface area contributed by atoms with Gasteiger partial charge in [-0.3, -0.25) is 0 Å². The number of aromatic nitrogens is 2. The predicted molar refractivity (Wildman–Crippen MR) is 118 cm³/mol. The Labute approximate surface area is 180 Å². The van der Waals surface area contributed by atoms with Gasteiger partial charge in [0, 0.05) is 13.1 Å². The van der Waals surface area contributed by atoms with Crippen LogP contribution in [0.3, 0.4) is 0 Å². The number of hydrogen-bond acceptors (Lipinski definition) is 8. The van der Waals surface area contributed by atoms with Crippen molar-refractivity contribution in [2.45, 2.75) is 25.1 Å². The molecule has 158 valence electrons. The monoisotopic (exact) mass is 416 g/mol. The molecule has 0 saturated carbocycles. The van der Waals surface area contributed by atoms with Gasteiger partial charge in [0.05, 0.1) is 18.2 Å². The van der Waals surface area contributed by atoms with Gasteiger partial charge < -0.3 is 25.1 Å². The van der Waals surface area contributed by atoms with Crippen LogP contribution < -0.4 is 30.5 Å². The number of anilines is 3. The van der Waals surface area contributed by atoms with Gasteiger partial charge in [0.1, 0.15) is 18.5 Å². The van der Waals surface area contributed by atoms with Crippen molar-refractivity contribution in [3.8, 4) is 11.5 Å². The molecule has 3 N–H and O–H groups in total. The van der Waals surface area contributed by atoms with Crippen LogP contribution in [0.15, 0.2) is 54.6 Å². The molecule has 2 atom stereocenters. The normalized spacial score (nSPS) is 20.7. The highest BCUT2D eigenvalue weighted by atomic mass is 16.6. The SMILES string of the molecule is c1ccc(CN2CCC3NNc4nc(NCC5COc6ccccc6O5)nc2c43)cc1. The minimum Gasteiger partial charge on any atom is -0.486 e. The van der Waals surface area contributed by atoms with Gasteiger partial charge in [-0.1, -0.05) is 42.5 Å². The van der Waals surface area contributed by atoms with Gasteiger partial charge in [-0.25, -0.2) is 5.43 Å². The van der Waals surface area contributed by atoms with Gasteiger partial charge in [0.2, 0.25) is 5.95 Å². The van der Waals surface area contributed by atoms with E-state index in [4.69, 9.17) is 19.4 Å². The second-order valence-electron chi connectivity index (χ2n) is 8.03. The lowest BCUT2D eigenvalue weighted by atomic mass is 10.0. The quantitative estimate of drug-likeness (QED) is 0.585. The van der Waals surface area contributed by atoms with Crippen LogP contribution in [-0.2, 0) is 6.54 Å². The van der Waals surface area contributed by atoms with Crippen molar-refractivity contribution < 1.29 is 9.47 Å². The Morgan fingerprint density at radius 1 is 1.03 bits per heavy atom. The van der Waals surface area contributed by atoms with E-state index in [1.807, 2.05) is 30.3 Å². The van der Waals surface area contributed by atoms with Crippen molar-refractivity contribution in [1.82, 2.24) is 15.4 Å². The highest BCUT2D eigenvalue weighted by Gasteiger charge is 2.34. The zero-order valence-electron chi connectivity index (χ0n) is 17.0. The molecule has 3 aromatic rings. The molecule has 6 rings (SSSR count). The number of hydrogen-bond donors (Lipinski definition) is 3. The number of nitrogens with zero attached hydrogens (tertiary/aromatic N) is 3. The third-order valence-electron chi connectivity index (χ3n) is 5.90. The van der Waals surface area contributed by atoms with Crippen molar-refractivity contribution >= 4 is 17.6 Å². The van der Waals surface area contributed by atoms with Crippen LogP contribution in [0.25, 0.3) is 0 Å². The largest absolute Gasteiger partial charge is 0.486 e. The first-order valence-electron chi connectivity index (χ1n) is 10.7. The molecule has 8 nitrogen and oxygen atoms in total. The fourth-order valence-electron chi connectivity index (χ4n) is 4.36. The standard InChI is InChI=1S/C23H24N6O2/c1-2-6-15(7-3-1)13-29-11-10-17-20-21(28-27-17)25-23(26-22(20)29)24-12-16-14-30-18-8-4-5-9-19(18)31-16/h1-9,16-17,27H,10-14H2,(H2,24,25,26,28).